The molecule has 0 saturated heterocycles. The molecule has 7 nitrogen and oxygen atoms in total. The number of aryl methyl sites for hydroxylation is 1. The molecule has 5 aliphatic rings. The Labute approximate surface area is 189 Å². The number of carbonyl (C=O) groups excluding carboxylic acids is 2. The summed E-state index contributed by atoms with van der Waals surface area (Å²) in [6.45, 7) is 1.74. The highest BCUT2D eigenvalue weighted by Crippen LogP contribution is 2.60. The maximum Gasteiger partial charge on any atom is 0.262 e. The Morgan fingerprint density at radius 1 is 1.22 bits per heavy atom. The fraction of sp³-hybridized carbons (Fsp3) is 0.652. The van der Waals surface area contributed by atoms with Crippen molar-refractivity contribution < 1.29 is 22.7 Å². The SMILES string of the molecule is Cc1ccc(F)cc1N(S(=O)O)C1(C(=O)NC2C3CC4CC2CC(C(N)=O)(C4)C3)CCC1. The van der Waals surface area contributed by atoms with Gasteiger partial charge in [0.2, 0.25) is 11.8 Å². The molecule has 4 N–H and O–H groups in total. The third kappa shape index (κ3) is 3.19. The highest BCUT2D eigenvalue weighted by atomic mass is 32.2. The van der Waals surface area contributed by atoms with Gasteiger partial charge in [0, 0.05) is 11.5 Å². The second-order valence-corrected chi connectivity index (χ2v) is 11.3. The Balaban J connectivity index is 1.42. The summed E-state index contributed by atoms with van der Waals surface area (Å²) in [5.74, 6) is -0.158. The molecule has 5 aliphatic carbocycles. The van der Waals surface area contributed by atoms with Crippen LogP contribution >= 0.6 is 0 Å². The van der Waals surface area contributed by atoms with Crippen LogP contribution in [0.1, 0.15) is 56.9 Å². The lowest BCUT2D eigenvalue weighted by Crippen LogP contribution is -2.68. The molecule has 0 aromatic heterocycles. The fourth-order valence-electron chi connectivity index (χ4n) is 7.15. The van der Waals surface area contributed by atoms with Gasteiger partial charge in [-0.1, -0.05) is 6.07 Å². The number of primary amides is 1. The maximum absolute atomic E-state index is 14.0. The van der Waals surface area contributed by atoms with Gasteiger partial charge in [-0.05, 0) is 93.7 Å². The van der Waals surface area contributed by atoms with E-state index < -0.39 is 28.0 Å². The van der Waals surface area contributed by atoms with Crippen LogP contribution in [0.2, 0.25) is 0 Å². The molecule has 3 atom stereocenters. The molecule has 1 aromatic carbocycles. The van der Waals surface area contributed by atoms with Gasteiger partial charge in [0.1, 0.15) is 11.4 Å². The van der Waals surface area contributed by atoms with E-state index in [1.54, 1.807) is 13.0 Å². The lowest BCUT2D eigenvalue weighted by molar-refractivity contribution is -0.148. The molecule has 3 unspecified atom stereocenters. The molecule has 1 aromatic rings. The van der Waals surface area contributed by atoms with E-state index in [9.17, 15) is 22.7 Å². The van der Waals surface area contributed by atoms with Gasteiger partial charge < -0.3 is 11.1 Å². The van der Waals surface area contributed by atoms with Gasteiger partial charge in [-0.2, -0.15) is 0 Å². The van der Waals surface area contributed by atoms with E-state index in [1.165, 1.54) is 16.4 Å². The Bertz CT molecular complexity index is 981. The number of benzene rings is 1. The van der Waals surface area contributed by atoms with Gasteiger partial charge >= 0.3 is 0 Å². The first-order valence-corrected chi connectivity index (χ1v) is 12.5. The predicted octanol–water partition coefficient (Wildman–Crippen LogP) is 2.80. The van der Waals surface area contributed by atoms with Crippen LogP contribution in [0.15, 0.2) is 18.2 Å². The number of carbonyl (C=O) groups is 2. The number of anilines is 1. The van der Waals surface area contributed by atoms with E-state index in [0.717, 1.165) is 25.7 Å². The van der Waals surface area contributed by atoms with Gasteiger partial charge in [-0.25, -0.2) is 8.60 Å². The first kappa shape index (κ1) is 21.8. The van der Waals surface area contributed by atoms with Crippen molar-refractivity contribution in [3.8, 4) is 0 Å². The van der Waals surface area contributed by atoms with Gasteiger partial charge in [-0.15, -0.1) is 0 Å². The Hall–Kier alpha value is -2.00. The molecule has 5 fully saturated rings. The van der Waals surface area contributed by atoms with Gasteiger partial charge in [0.15, 0.2) is 0 Å². The lowest BCUT2D eigenvalue weighted by atomic mass is 9.47. The van der Waals surface area contributed by atoms with Crippen molar-refractivity contribution in [2.45, 2.75) is 69.9 Å². The molecule has 6 rings (SSSR count). The zero-order chi connectivity index (χ0) is 22.8. The number of amides is 2. The molecule has 0 radical (unpaired) electrons. The third-order valence-corrected chi connectivity index (χ3v) is 9.49. The second-order valence-electron chi connectivity index (χ2n) is 10.5. The zero-order valence-electron chi connectivity index (χ0n) is 18.2. The standard InChI is InChI=1S/C23H30FN3O4S/c1-13-3-4-17(24)9-18(13)27(32(30)31)23(5-2-6-23)21(29)26-19-15-7-14-8-16(19)12-22(10-14,11-15)20(25)28/h3-4,9,14-16,19H,2,5-8,10-12H2,1H3,(H2,25,28)(H,26,29)(H,30,31). The summed E-state index contributed by atoms with van der Waals surface area (Å²) in [6.07, 6.45) is 5.81. The summed E-state index contributed by atoms with van der Waals surface area (Å²) in [5.41, 5.74) is 5.04. The number of nitrogens with one attached hydrogen (secondary N) is 1. The Kier molecular flexibility index (Phi) is 5.13. The van der Waals surface area contributed by atoms with Gasteiger partial charge in [-0.3, -0.25) is 18.4 Å². The normalized spacial score (nSPS) is 35.1. The van der Waals surface area contributed by atoms with E-state index in [2.05, 4.69) is 5.32 Å². The fourth-order valence-corrected chi connectivity index (χ4v) is 8.08. The van der Waals surface area contributed by atoms with Crippen LogP contribution in [0.5, 0.6) is 0 Å². The third-order valence-electron chi connectivity index (χ3n) is 8.63. The molecule has 9 heteroatoms. The number of nitrogens with two attached hydrogens (primary N) is 1. The minimum absolute atomic E-state index is 0.0633. The number of hydrogen-bond donors (Lipinski definition) is 3. The van der Waals surface area contributed by atoms with E-state index in [4.69, 9.17) is 5.73 Å². The van der Waals surface area contributed by atoms with E-state index in [1.807, 2.05) is 0 Å². The van der Waals surface area contributed by atoms with Crippen LogP contribution in [0.4, 0.5) is 10.1 Å². The minimum Gasteiger partial charge on any atom is -0.369 e. The highest BCUT2D eigenvalue weighted by Gasteiger charge is 2.60. The molecule has 2 amide bonds. The van der Waals surface area contributed by atoms with Crippen molar-refractivity contribution in [3.63, 3.8) is 0 Å². The van der Waals surface area contributed by atoms with Crippen molar-refractivity contribution in [1.29, 1.82) is 0 Å². The predicted molar refractivity (Wildman–Crippen MR) is 118 cm³/mol. The average Bonchev–Trinajstić information content (AvgIpc) is 2.68. The van der Waals surface area contributed by atoms with Crippen molar-refractivity contribution in [2.75, 3.05) is 4.31 Å². The summed E-state index contributed by atoms with van der Waals surface area (Å²) in [7, 11) is 0. The number of nitrogens with zero attached hydrogens (tertiary/aromatic N) is 1. The molecule has 174 valence electrons. The second kappa shape index (κ2) is 7.52. The average molecular weight is 464 g/mol. The van der Waals surface area contributed by atoms with Crippen molar-refractivity contribution in [3.05, 3.63) is 29.6 Å². The molecule has 0 spiro atoms. The largest absolute Gasteiger partial charge is 0.369 e. The van der Waals surface area contributed by atoms with Crippen LogP contribution in [-0.4, -0.2) is 32.2 Å². The monoisotopic (exact) mass is 463 g/mol. The molecule has 0 heterocycles. The number of halogens is 1. The summed E-state index contributed by atoms with van der Waals surface area (Å²) >= 11 is -2.49. The molecular weight excluding hydrogens is 433 g/mol. The molecule has 5 saturated carbocycles. The van der Waals surface area contributed by atoms with Crippen molar-refractivity contribution in [2.24, 2.45) is 28.9 Å². The quantitative estimate of drug-likeness (QED) is 0.563. The van der Waals surface area contributed by atoms with Gasteiger partial charge in [0.05, 0.1) is 5.69 Å². The number of hydrogen-bond acceptors (Lipinski definition) is 3. The van der Waals surface area contributed by atoms with Crippen LogP contribution in [0, 0.1) is 35.9 Å². The van der Waals surface area contributed by atoms with Crippen molar-refractivity contribution in [1.82, 2.24) is 5.32 Å². The summed E-state index contributed by atoms with van der Waals surface area (Å²) in [5, 5.41) is 3.23. The van der Waals surface area contributed by atoms with Crippen LogP contribution < -0.4 is 15.4 Å². The number of rotatable bonds is 6. The molecule has 4 bridgehead atoms. The van der Waals surface area contributed by atoms with E-state index in [-0.39, 0.29) is 35.4 Å². The van der Waals surface area contributed by atoms with Crippen molar-refractivity contribution >= 4 is 28.8 Å². The highest BCUT2D eigenvalue weighted by molar-refractivity contribution is 7.80. The van der Waals surface area contributed by atoms with Crippen LogP contribution in [0.3, 0.4) is 0 Å². The molecule has 32 heavy (non-hydrogen) atoms. The zero-order valence-corrected chi connectivity index (χ0v) is 19.0. The van der Waals surface area contributed by atoms with Crippen LogP contribution in [0.25, 0.3) is 0 Å². The maximum atomic E-state index is 14.0. The molecule has 0 aliphatic heterocycles. The topological polar surface area (TPSA) is 113 Å². The van der Waals surface area contributed by atoms with E-state index in [0.29, 0.717) is 37.2 Å². The summed E-state index contributed by atoms with van der Waals surface area (Å²) < 4.78 is 37.8. The Morgan fingerprint density at radius 3 is 2.41 bits per heavy atom. The van der Waals surface area contributed by atoms with Gasteiger partial charge in [0.25, 0.3) is 11.3 Å². The summed E-state index contributed by atoms with van der Waals surface area (Å²) in [4.78, 5) is 25.9. The smallest absolute Gasteiger partial charge is 0.262 e. The Morgan fingerprint density at radius 2 is 1.88 bits per heavy atom. The van der Waals surface area contributed by atoms with Crippen LogP contribution in [-0.2, 0) is 20.9 Å². The lowest BCUT2D eigenvalue weighted by Gasteiger charge is -2.59. The minimum atomic E-state index is -2.49. The first-order valence-electron chi connectivity index (χ1n) is 11.4. The summed E-state index contributed by atoms with van der Waals surface area (Å²) in [6, 6.07) is 4.01. The molecular formula is C23H30FN3O4S. The van der Waals surface area contributed by atoms with E-state index >= 15 is 0 Å². The first-order chi connectivity index (χ1) is 15.1.